The summed E-state index contributed by atoms with van der Waals surface area (Å²) in [6.07, 6.45) is 3.40. The minimum Gasteiger partial charge on any atom is -0.488 e. The number of aryl methyl sites for hydroxylation is 1. The molecule has 120 valence electrons. The van der Waals surface area contributed by atoms with Gasteiger partial charge in [-0.15, -0.1) is 0 Å². The fourth-order valence-electron chi connectivity index (χ4n) is 2.83. The van der Waals surface area contributed by atoms with Crippen LogP contribution in [0, 0.1) is 6.92 Å². The van der Waals surface area contributed by atoms with E-state index in [-0.39, 0.29) is 12.5 Å². The number of hydrogen-bond acceptors (Lipinski definition) is 4. The molecule has 0 unspecified atom stereocenters. The normalized spacial score (nSPS) is 12.0. The van der Waals surface area contributed by atoms with Crippen molar-refractivity contribution in [2.24, 2.45) is 0 Å². The number of carbonyl (C=O) groups is 1. The van der Waals surface area contributed by atoms with Crippen molar-refractivity contribution in [1.29, 1.82) is 0 Å². The lowest BCUT2D eigenvalue weighted by Crippen LogP contribution is -2.21. The van der Waals surface area contributed by atoms with E-state index < -0.39 is 0 Å². The second-order valence-electron chi connectivity index (χ2n) is 5.73. The quantitative estimate of drug-likeness (QED) is 0.805. The molecule has 0 bridgehead atoms. The van der Waals surface area contributed by atoms with Crippen LogP contribution in [0.3, 0.4) is 0 Å². The maximum Gasteiger partial charge on any atom is 0.247 e. The number of nitrogens with zero attached hydrogens (tertiary/aromatic N) is 3. The molecule has 0 saturated carbocycles. The zero-order valence-electron chi connectivity index (χ0n) is 13.2. The standard InChI is InChI=1S/C18H16N4O2/c1-12-5-6-15-14(8-12)18-13(11-24-15)9-20-22(18)10-17(23)21-16-4-2-3-7-19-16/h2-9H,10-11H2,1H3,(H,19,21,23). The Labute approximate surface area is 139 Å². The predicted octanol–water partition coefficient (Wildman–Crippen LogP) is 2.78. The van der Waals surface area contributed by atoms with Crippen LogP contribution >= 0.6 is 0 Å². The SMILES string of the molecule is Cc1ccc2c(c1)-c1c(cnn1CC(=O)Nc1ccccn1)CO2. The Hall–Kier alpha value is -3.15. The van der Waals surface area contributed by atoms with Crippen LogP contribution in [-0.2, 0) is 17.9 Å². The van der Waals surface area contributed by atoms with E-state index in [4.69, 9.17) is 4.74 Å². The number of amides is 1. The van der Waals surface area contributed by atoms with Crippen LogP contribution < -0.4 is 10.1 Å². The highest BCUT2D eigenvalue weighted by molar-refractivity contribution is 5.90. The Morgan fingerprint density at radius 1 is 1.33 bits per heavy atom. The lowest BCUT2D eigenvalue weighted by atomic mass is 10.0. The van der Waals surface area contributed by atoms with Gasteiger partial charge in [0.1, 0.15) is 24.7 Å². The zero-order valence-corrected chi connectivity index (χ0v) is 13.2. The Balaban J connectivity index is 1.62. The van der Waals surface area contributed by atoms with Gasteiger partial charge in [0.15, 0.2) is 0 Å². The fraction of sp³-hybridized carbons (Fsp3) is 0.167. The molecule has 4 rings (SSSR count). The molecule has 1 amide bonds. The van der Waals surface area contributed by atoms with E-state index in [1.54, 1.807) is 29.2 Å². The van der Waals surface area contributed by atoms with E-state index in [0.29, 0.717) is 12.4 Å². The van der Waals surface area contributed by atoms with Gasteiger partial charge in [0.2, 0.25) is 5.91 Å². The van der Waals surface area contributed by atoms with E-state index >= 15 is 0 Å². The average molecular weight is 320 g/mol. The number of nitrogens with one attached hydrogen (secondary N) is 1. The van der Waals surface area contributed by atoms with Gasteiger partial charge in [-0.3, -0.25) is 9.48 Å². The molecule has 0 radical (unpaired) electrons. The molecular formula is C18H16N4O2. The molecule has 2 aromatic heterocycles. The number of anilines is 1. The topological polar surface area (TPSA) is 69.0 Å². The summed E-state index contributed by atoms with van der Waals surface area (Å²) < 4.78 is 7.47. The molecule has 1 aliphatic rings. The summed E-state index contributed by atoms with van der Waals surface area (Å²) >= 11 is 0. The molecule has 3 aromatic rings. The van der Waals surface area contributed by atoms with Crippen molar-refractivity contribution >= 4 is 11.7 Å². The van der Waals surface area contributed by atoms with E-state index in [1.165, 1.54) is 0 Å². The number of hydrogen-bond donors (Lipinski definition) is 1. The van der Waals surface area contributed by atoms with Gasteiger partial charge in [-0.1, -0.05) is 17.7 Å². The summed E-state index contributed by atoms with van der Waals surface area (Å²) in [5.41, 5.74) is 4.03. The molecular weight excluding hydrogens is 304 g/mol. The highest BCUT2D eigenvalue weighted by atomic mass is 16.5. The Morgan fingerprint density at radius 3 is 3.08 bits per heavy atom. The second-order valence-corrected chi connectivity index (χ2v) is 5.73. The maximum atomic E-state index is 12.3. The van der Waals surface area contributed by atoms with Crippen LogP contribution in [0.25, 0.3) is 11.3 Å². The number of pyridine rings is 1. The minimum atomic E-state index is -0.166. The summed E-state index contributed by atoms with van der Waals surface area (Å²) in [5.74, 6) is 1.18. The predicted molar refractivity (Wildman–Crippen MR) is 89.6 cm³/mol. The first-order valence-corrected chi connectivity index (χ1v) is 7.70. The fourth-order valence-corrected chi connectivity index (χ4v) is 2.83. The largest absolute Gasteiger partial charge is 0.488 e. The molecule has 0 atom stereocenters. The van der Waals surface area contributed by atoms with Gasteiger partial charge in [-0.2, -0.15) is 5.10 Å². The zero-order chi connectivity index (χ0) is 16.5. The number of ether oxygens (including phenoxy) is 1. The van der Waals surface area contributed by atoms with Crippen LogP contribution in [0.4, 0.5) is 5.82 Å². The van der Waals surface area contributed by atoms with Gasteiger partial charge in [0, 0.05) is 17.3 Å². The molecule has 0 aliphatic carbocycles. The lowest BCUT2D eigenvalue weighted by molar-refractivity contribution is -0.116. The van der Waals surface area contributed by atoms with Crippen molar-refractivity contribution in [3.8, 4) is 17.0 Å². The number of rotatable bonds is 3. The van der Waals surface area contributed by atoms with E-state index in [2.05, 4.69) is 21.5 Å². The van der Waals surface area contributed by atoms with Crippen LogP contribution in [0.5, 0.6) is 5.75 Å². The third kappa shape index (κ3) is 2.62. The van der Waals surface area contributed by atoms with Gasteiger partial charge in [-0.05, 0) is 31.2 Å². The number of aromatic nitrogens is 3. The van der Waals surface area contributed by atoms with Crippen molar-refractivity contribution < 1.29 is 9.53 Å². The summed E-state index contributed by atoms with van der Waals surface area (Å²) in [7, 11) is 0. The van der Waals surface area contributed by atoms with Crippen molar-refractivity contribution in [2.75, 3.05) is 5.32 Å². The van der Waals surface area contributed by atoms with Crippen LogP contribution in [0.15, 0.2) is 48.8 Å². The van der Waals surface area contributed by atoms with Crippen molar-refractivity contribution in [3.05, 3.63) is 59.9 Å². The highest BCUT2D eigenvalue weighted by Crippen LogP contribution is 2.37. The molecule has 1 aliphatic heterocycles. The first kappa shape index (κ1) is 14.4. The van der Waals surface area contributed by atoms with Crippen LogP contribution in [-0.4, -0.2) is 20.7 Å². The molecule has 6 heteroatoms. The van der Waals surface area contributed by atoms with Crippen molar-refractivity contribution in [2.45, 2.75) is 20.1 Å². The van der Waals surface area contributed by atoms with Gasteiger partial charge >= 0.3 is 0 Å². The number of carbonyl (C=O) groups excluding carboxylic acids is 1. The maximum absolute atomic E-state index is 12.3. The van der Waals surface area contributed by atoms with Gasteiger partial charge in [0.25, 0.3) is 0 Å². The lowest BCUT2D eigenvalue weighted by Gasteiger charge is -2.19. The Bertz CT molecular complexity index is 903. The molecule has 6 nitrogen and oxygen atoms in total. The smallest absolute Gasteiger partial charge is 0.247 e. The first-order valence-electron chi connectivity index (χ1n) is 7.70. The van der Waals surface area contributed by atoms with E-state index in [9.17, 15) is 4.79 Å². The molecule has 0 spiro atoms. The average Bonchev–Trinajstić information content (AvgIpc) is 2.99. The molecule has 3 heterocycles. The summed E-state index contributed by atoms with van der Waals surface area (Å²) in [6.45, 7) is 2.62. The van der Waals surface area contributed by atoms with Gasteiger partial charge < -0.3 is 10.1 Å². The highest BCUT2D eigenvalue weighted by Gasteiger charge is 2.23. The minimum absolute atomic E-state index is 0.124. The Morgan fingerprint density at radius 2 is 2.25 bits per heavy atom. The van der Waals surface area contributed by atoms with Gasteiger partial charge in [-0.25, -0.2) is 4.98 Å². The monoisotopic (exact) mass is 320 g/mol. The van der Waals surface area contributed by atoms with Crippen molar-refractivity contribution in [3.63, 3.8) is 0 Å². The third-order valence-electron chi connectivity index (χ3n) is 3.91. The third-order valence-corrected chi connectivity index (χ3v) is 3.91. The summed E-state index contributed by atoms with van der Waals surface area (Å²) in [4.78, 5) is 16.4. The summed E-state index contributed by atoms with van der Waals surface area (Å²) in [6, 6.07) is 11.4. The molecule has 0 fully saturated rings. The van der Waals surface area contributed by atoms with Crippen LogP contribution in [0.1, 0.15) is 11.1 Å². The molecule has 1 N–H and O–H groups in total. The van der Waals surface area contributed by atoms with Crippen molar-refractivity contribution in [1.82, 2.24) is 14.8 Å². The molecule has 1 aromatic carbocycles. The van der Waals surface area contributed by atoms with Crippen LogP contribution in [0.2, 0.25) is 0 Å². The van der Waals surface area contributed by atoms with E-state index in [1.807, 2.05) is 25.1 Å². The first-order chi connectivity index (χ1) is 11.7. The van der Waals surface area contributed by atoms with E-state index in [0.717, 1.165) is 28.1 Å². The number of fused-ring (bicyclic) bond motifs is 3. The summed E-state index contributed by atoms with van der Waals surface area (Å²) in [5, 5.41) is 7.14. The molecule has 0 saturated heterocycles. The number of benzene rings is 1. The molecule has 24 heavy (non-hydrogen) atoms. The Kier molecular flexibility index (Phi) is 3.49. The second kappa shape index (κ2) is 5.81. The van der Waals surface area contributed by atoms with Gasteiger partial charge in [0.05, 0.1) is 11.9 Å².